The highest BCUT2D eigenvalue weighted by Gasteiger charge is 2.05. The maximum Gasteiger partial charge on any atom is 0.0788 e. The lowest BCUT2D eigenvalue weighted by atomic mass is 10.0. The van der Waals surface area contributed by atoms with Crippen molar-refractivity contribution in [2.45, 2.75) is 6.42 Å². The van der Waals surface area contributed by atoms with Crippen LogP contribution in [0.2, 0.25) is 0 Å². The van der Waals surface area contributed by atoms with E-state index in [1.807, 2.05) is 0 Å². The van der Waals surface area contributed by atoms with Crippen molar-refractivity contribution in [3.63, 3.8) is 0 Å². The van der Waals surface area contributed by atoms with E-state index in [1.54, 1.807) is 22.7 Å². The van der Waals surface area contributed by atoms with Crippen molar-refractivity contribution in [1.29, 1.82) is 0 Å². The lowest BCUT2D eigenvalue weighted by Gasteiger charge is -2.03. The summed E-state index contributed by atoms with van der Waals surface area (Å²) in [6.07, 6.45) is 3.47. The van der Waals surface area contributed by atoms with Crippen LogP contribution in [0.1, 0.15) is 17.5 Å². The topological polar surface area (TPSA) is 16.6 Å². The predicted molar refractivity (Wildman–Crippen MR) is 73.1 cm³/mol. The number of halogens is 1. The van der Waals surface area contributed by atoms with Gasteiger partial charge in [0.15, 0.2) is 0 Å². The summed E-state index contributed by atoms with van der Waals surface area (Å²) in [5.41, 5.74) is 4.07. The molecule has 0 amide bonds. The van der Waals surface area contributed by atoms with E-state index < -0.39 is 0 Å². The van der Waals surface area contributed by atoms with Gasteiger partial charge < -0.3 is 17.7 Å². The van der Waals surface area contributed by atoms with Crippen LogP contribution in [0.3, 0.4) is 0 Å². The van der Waals surface area contributed by atoms with Crippen LogP contribution in [0.15, 0.2) is 39.7 Å². The lowest BCUT2D eigenvalue weighted by Crippen LogP contribution is -3.00. The quantitative estimate of drug-likeness (QED) is 0.735. The van der Waals surface area contributed by atoms with Crippen LogP contribution in [0.5, 0.6) is 0 Å². The van der Waals surface area contributed by atoms with E-state index >= 15 is 0 Å². The van der Waals surface area contributed by atoms with Gasteiger partial charge in [0.25, 0.3) is 0 Å². The van der Waals surface area contributed by atoms with Crippen molar-refractivity contribution in [2.75, 3.05) is 13.6 Å². The first-order valence-corrected chi connectivity index (χ1v) is 7.33. The Labute approximate surface area is 117 Å². The van der Waals surface area contributed by atoms with Crippen LogP contribution in [0, 0.1) is 0 Å². The highest BCUT2D eigenvalue weighted by Crippen LogP contribution is 2.27. The standard InChI is InChI=1S/C13H15NS2.ClH/c1-14-6-2-3-13(11-4-7-15-9-11)12-5-8-16-10-12;/h3-5,7-10,14H,2,6H2,1H3;1H. The molecule has 0 aromatic carbocycles. The molecule has 0 spiro atoms. The molecule has 2 rings (SSSR count). The first-order chi connectivity index (χ1) is 7.92. The molecule has 0 fully saturated rings. The van der Waals surface area contributed by atoms with Crippen LogP contribution in [-0.4, -0.2) is 13.6 Å². The molecule has 0 aliphatic carbocycles. The van der Waals surface area contributed by atoms with E-state index in [9.17, 15) is 0 Å². The lowest BCUT2D eigenvalue weighted by molar-refractivity contribution is -0.626. The second-order valence-corrected chi connectivity index (χ2v) is 5.19. The van der Waals surface area contributed by atoms with Crippen LogP contribution < -0.4 is 17.7 Å². The summed E-state index contributed by atoms with van der Waals surface area (Å²) in [4.78, 5) is 0. The third kappa shape index (κ3) is 3.96. The minimum atomic E-state index is 0. The third-order valence-corrected chi connectivity index (χ3v) is 3.83. The summed E-state index contributed by atoms with van der Waals surface area (Å²) >= 11 is 3.52. The van der Waals surface area contributed by atoms with E-state index in [-0.39, 0.29) is 12.4 Å². The highest BCUT2D eigenvalue weighted by molar-refractivity contribution is 7.08. The molecule has 2 heterocycles. The summed E-state index contributed by atoms with van der Waals surface area (Å²) in [6.45, 7) is 1.15. The Bertz CT molecular complexity index is 396. The van der Waals surface area contributed by atoms with Crippen molar-refractivity contribution < 1.29 is 17.7 Å². The van der Waals surface area contributed by atoms with Crippen LogP contribution >= 0.6 is 22.7 Å². The molecule has 0 saturated carbocycles. The Kier molecular flexibility index (Phi) is 6.52. The van der Waals surface area contributed by atoms with Gasteiger partial charge in [-0.1, -0.05) is 6.08 Å². The second-order valence-electron chi connectivity index (χ2n) is 3.63. The van der Waals surface area contributed by atoms with Gasteiger partial charge >= 0.3 is 0 Å². The van der Waals surface area contributed by atoms with Crippen LogP contribution in [0.25, 0.3) is 5.57 Å². The van der Waals surface area contributed by atoms with Crippen molar-refractivity contribution >= 4 is 28.2 Å². The fourth-order valence-electron chi connectivity index (χ4n) is 1.63. The largest absolute Gasteiger partial charge is 1.00 e. The third-order valence-electron chi connectivity index (χ3n) is 2.47. The number of thiophene rings is 2. The minimum Gasteiger partial charge on any atom is -1.00 e. The van der Waals surface area contributed by atoms with E-state index in [0.717, 1.165) is 13.0 Å². The van der Waals surface area contributed by atoms with Gasteiger partial charge in [-0.15, -0.1) is 0 Å². The van der Waals surface area contributed by atoms with Gasteiger partial charge in [-0.25, -0.2) is 0 Å². The molecular formula is C13H16ClNS2. The molecule has 2 aromatic rings. The van der Waals surface area contributed by atoms with Crippen LogP contribution in [-0.2, 0) is 0 Å². The second kappa shape index (κ2) is 7.67. The first-order valence-electron chi connectivity index (χ1n) is 5.45. The van der Waals surface area contributed by atoms with E-state index in [2.05, 4.69) is 52.1 Å². The average Bonchev–Trinajstić information content (AvgIpc) is 2.97. The molecule has 0 bridgehead atoms. The maximum absolute atomic E-state index is 2.35. The predicted octanol–water partition coefficient (Wildman–Crippen LogP) is -0.171. The molecule has 2 N–H and O–H groups in total. The fourth-order valence-corrected chi connectivity index (χ4v) is 2.94. The minimum absolute atomic E-state index is 0. The number of hydrogen-bond donors (Lipinski definition) is 1. The van der Waals surface area contributed by atoms with Gasteiger partial charge in [-0.2, -0.15) is 22.7 Å². The summed E-state index contributed by atoms with van der Waals surface area (Å²) in [5, 5.41) is 10.9. The summed E-state index contributed by atoms with van der Waals surface area (Å²) in [5.74, 6) is 0. The SMILES string of the molecule is C[NH2+]CCC=C(c1ccsc1)c1ccsc1.[Cl-]. The Morgan fingerprint density at radius 1 is 1.18 bits per heavy atom. The molecule has 0 saturated heterocycles. The van der Waals surface area contributed by atoms with Gasteiger partial charge in [-0.3, -0.25) is 0 Å². The van der Waals surface area contributed by atoms with E-state index in [1.165, 1.54) is 16.7 Å². The molecule has 2 aromatic heterocycles. The number of rotatable bonds is 5. The molecular weight excluding hydrogens is 270 g/mol. The van der Waals surface area contributed by atoms with Crippen molar-refractivity contribution in [3.8, 4) is 0 Å². The van der Waals surface area contributed by atoms with E-state index in [0.29, 0.717) is 0 Å². The van der Waals surface area contributed by atoms with Gasteiger partial charge in [0.2, 0.25) is 0 Å². The number of hydrogen-bond acceptors (Lipinski definition) is 2. The average molecular weight is 286 g/mol. The monoisotopic (exact) mass is 285 g/mol. The molecule has 17 heavy (non-hydrogen) atoms. The fraction of sp³-hybridized carbons (Fsp3) is 0.231. The Balaban J connectivity index is 0.00000144. The zero-order chi connectivity index (χ0) is 11.2. The van der Waals surface area contributed by atoms with Gasteiger partial charge in [0.05, 0.1) is 13.6 Å². The zero-order valence-electron chi connectivity index (χ0n) is 9.73. The molecule has 1 nitrogen and oxygen atoms in total. The number of quaternary nitrogens is 1. The van der Waals surface area contributed by atoms with Crippen molar-refractivity contribution in [3.05, 3.63) is 50.9 Å². The van der Waals surface area contributed by atoms with Gasteiger partial charge in [0.1, 0.15) is 0 Å². The van der Waals surface area contributed by atoms with Crippen LogP contribution in [0.4, 0.5) is 0 Å². The smallest absolute Gasteiger partial charge is 0.0788 e. The maximum atomic E-state index is 2.35. The molecule has 4 heteroatoms. The molecule has 92 valence electrons. The van der Waals surface area contributed by atoms with Gasteiger partial charge in [0, 0.05) is 6.42 Å². The summed E-state index contributed by atoms with van der Waals surface area (Å²) in [7, 11) is 2.11. The van der Waals surface area contributed by atoms with E-state index in [4.69, 9.17) is 0 Å². The highest BCUT2D eigenvalue weighted by atomic mass is 35.5. The summed E-state index contributed by atoms with van der Waals surface area (Å²) in [6, 6.07) is 4.40. The van der Waals surface area contributed by atoms with Crippen molar-refractivity contribution in [1.82, 2.24) is 0 Å². The Morgan fingerprint density at radius 3 is 2.18 bits per heavy atom. The summed E-state index contributed by atoms with van der Waals surface area (Å²) < 4.78 is 0. The molecule has 0 radical (unpaired) electrons. The molecule has 0 aliphatic heterocycles. The Hall–Kier alpha value is -0.610. The first kappa shape index (κ1) is 14.5. The normalized spacial score (nSPS) is 9.71. The Morgan fingerprint density at radius 2 is 1.76 bits per heavy atom. The number of nitrogens with two attached hydrogens (primary N) is 1. The zero-order valence-corrected chi connectivity index (χ0v) is 12.1. The van der Waals surface area contributed by atoms with Gasteiger partial charge in [-0.05, 0) is 50.4 Å². The van der Waals surface area contributed by atoms with Crippen molar-refractivity contribution in [2.24, 2.45) is 0 Å². The molecule has 0 aliphatic rings. The molecule has 0 unspecified atom stereocenters. The molecule has 0 atom stereocenters.